The standard InChI is InChI=1S/C23H26N4O4/c28-22(12-11-19-5-1-2-6-21(19)27(30)31)25-17-18-7-9-20(10-8-18)23(29)24-13-16-26-14-3-4-15-26/h1-2,5-12H,3-4,13-17H2,(H,24,29)(H,25,28)/b12-11+. The number of benzene rings is 2. The molecule has 0 aromatic heterocycles. The van der Waals surface area contributed by atoms with Crippen LogP contribution in [-0.2, 0) is 11.3 Å². The van der Waals surface area contributed by atoms with Crippen molar-refractivity contribution in [3.8, 4) is 0 Å². The Balaban J connectivity index is 1.44. The summed E-state index contributed by atoms with van der Waals surface area (Å²) in [5.41, 5.74) is 1.73. The van der Waals surface area contributed by atoms with E-state index in [4.69, 9.17) is 0 Å². The second kappa shape index (κ2) is 11.0. The monoisotopic (exact) mass is 422 g/mol. The number of hydrogen-bond acceptors (Lipinski definition) is 5. The lowest BCUT2D eigenvalue weighted by Gasteiger charge is -2.14. The second-order valence-electron chi connectivity index (χ2n) is 7.37. The Morgan fingerprint density at radius 1 is 1.03 bits per heavy atom. The van der Waals surface area contributed by atoms with Crippen LogP contribution in [0.2, 0.25) is 0 Å². The molecule has 0 saturated carbocycles. The maximum atomic E-state index is 12.2. The zero-order valence-electron chi connectivity index (χ0n) is 17.3. The number of hydrogen-bond donors (Lipinski definition) is 2. The fraction of sp³-hybridized carbons (Fsp3) is 0.304. The van der Waals surface area contributed by atoms with Crippen molar-refractivity contribution in [3.05, 3.63) is 81.4 Å². The van der Waals surface area contributed by atoms with Gasteiger partial charge in [0, 0.05) is 37.3 Å². The van der Waals surface area contributed by atoms with Gasteiger partial charge in [-0.2, -0.15) is 0 Å². The van der Waals surface area contributed by atoms with E-state index in [2.05, 4.69) is 15.5 Å². The smallest absolute Gasteiger partial charge is 0.276 e. The number of para-hydroxylation sites is 1. The molecule has 0 aliphatic carbocycles. The molecule has 8 heteroatoms. The van der Waals surface area contributed by atoms with Gasteiger partial charge in [0.1, 0.15) is 0 Å². The SMILES string of the molecule is O=C(/C=C/c1ccccc1[N+](=O)[O-])NCc1ccc(C(=O)NCCN2CCCC2)cc1. The molecule has 1 heterocycles. The summed E-state index contributed by atoms with van der Waals surface area (Å²) >= 11 is 0. The van der Waals surface area contributed by atoms with E-state index in [1.54, 1.807) is 42.5 Å². The van der Waals surface area contributed by atoms with Crippen LogP contribution in [0.25, 0.3) is 6.08 Å². The summed E-state index contributed by atoms with van der Waals surface area (Å²) in [6.07, 6.45) is 5.15. The zero-order valence-corrected chi connectivity index (χ0v) is 17.3. The lowest BCUT2D eigenvalue weighted by Crippen LogP contribution is -2.33. The van der Waals surface area contributed by atoms with Gasteiger partial charge in [-0.15, -0.1) is 0 Å². The Kier molecular flexibility index (Phi) is 7.89. The van der Waals surface area contributed by atoms with Gasteiger partial charge < -0.3 is 15.5 Å². The van der Waals surface area contributed by atoms with Gasteiger partial charge >= 0.3 is 0 Å². The maximum Gasteiger partial charge on any atom is 0.276 e. The molecular weight excluding hydrogens is 396 g/mol. The molecule has 0 bridgehead atoms. The summed E-state index contributed by atoms with van der Waals surface area (Å²) in [6.45, 7) is 4.00. The van der Waals surface area contributed by atoms with Gasteiger partial charge in [0.05, 0.1) is 10.5 Å². The highest BCUT2D eigenvalue weighted by atomic mass is 16.6. The quantitative estimate of drug-likeness (QED) is 0.367. The molecule has 0 unspecified atom stereocenters. The van der Waals surface area contributed by atoms with E-state index in [1.165, 1.54) is 31.1 Å². The summed E-state index contributed by atoms with van der Waals surface area (Å²) in [5.74, 6) is -0.468. The lowest BCUT2D eigenvalue weighted by atomic mass is 10.1. The molecule has 1 fully saturated rings. The van der Waals surface area contributed by atoms with Crippen LogP contribution >= 0.6 is 0 Å². The number of nitro groups is 1. The number of carbonyl (C=O) groups is 2. The third-order valence-electron chi connectivity index (χ3n) is 5.14. The molecule has 31 heavy (non-hydrogen) atoms. The molecule has 2 aromatic rings. The Bertz CT molecular complexity index is 950. The fourth-order valence-electron chi connectivity index (χ4n) is 3.42. The molecule has 2 amide bonds. The normalized spacial score (nSPS) is 13.9. The number of rotatable bonds is 9. The van der Waals surface area contributed by atoms with E-state index < -0.39 is 4.92 Å². The van der Waals surface area contributed by atoms with Crippen LogP contribution in [0.1, 0.15) is 34.3 Å². The number of likely N-dealkylation sites (tertiary alicyclic amines) is 1. The predicted octanol–water partition coefficient (Wildman–Crippen LogP) is 2.75. The van der Waals surface area contributed by atoms with Gasteiger partial charge in [-0.25, -0.2) is 0 Å². The van der Waals surface area contributed by atoms with Crippen LogP contribution in [0.15, 0.2) is 54.6 Å². The first-order valence-electron chi connectivity index (χ1n) is 10.3. The topological polar surface area (TPSA) is 105 Å². The van der Waals surface area contributed by atoms with Crippen molar-refractivity contribution in [2.75, 3.05) is 26.2 Å². The second-order valence-corrected chi connectivity index (χ2v) is 7.37. The molecule has 2 N–H and O–H groups in total. The summed E-state index contributed by atoms with van der Waals surface area (Å²) in [7, 11) is 0. The average molecular weight is 422 g/mol. The van der Waals surface area contributed by atoms with Crippen molar-refractivity contribution < 1.29 is 14.5 Å². The van der Waals surface area contributed by atoms with Gasteiger partial charge in [-0.05, 0) is 55.8 Å². The number of nitrogens with zero attached hydrogens (tertiary/aromatic N) is 2. The minimum absolute atomic E-state index is 0.0548. The van der Waals surface area contributed by atoms with Gasteiger partial charge in [0.2, 0.25) is 5.91 Å². The molecule has 0 atom stereocenters. The lowest BCUT2D eigenvalue weighted by molar-refractivity contribution is -0.385. The Morgan fingerprint density at radius 2 is 1.74 bits per heavy atom. The van der Waals surface area contributed by atoms with E-state index in [-0.39, 0.29) is 24.0 Å². The molecule has 162 valence electrons. The average Bonchev–Trinajstić information content (AvgIpc) is 3.30. The zero-order chi connectivity index (χ0) is 22.1. The third kappa shape index (κ3) is 6.75. The maximum absolute atomic E-state index is 12.2. The van der Waals surface area contributed by atoms with Crippen LogP contribution in [0.4, 0.5) is 5.69 Å². The fourth-order valence-corrected chi connectivity index (χ4v) is 3.42. The van der Waals surface area contributed by atoms with Crippen molar-refractivity contribution in [1.29, 1.82) is 0 Å². The van der Waals surface area contributed by atoms with Crippen molar-refractivity contribution in [1.82, 2.24) is 15.5 Å². The molecule has 0 spiro atoms. The van der Waals surface area contributed by atoms with Gasteiger partial charge in [-0.3, -0.25) is 19.7 Å². The van der Waals surface area contributed by atoms with Crippen LogP contribution in [0.5, 0.6) is 0 Å². The highest BCUT2D eigenvalue weighted by Crippen LogP contribution is 2.18. The van der Waals surface area contributed by atoms with Gasteiger partial charge in [0.15, 0.2) is 0 Å². The number of amides is 2. The van der Waals surface area contributed by atoms with Crippen molar-refractivity contribution >= 4 is 23.6 Å². The Morgan fingerprint density at radius 3 is 2.45 bits per heavy atom. The van der Waals surface area contributed by atoms with Gasteiger partial charge in [0.25, 0.3) is 11.6 Å². The first-order valence-corrected chi connectivity index (χ1v) is 10.3. The molecular formula is C23H26N4O4. The molecule has 2 aromatic carbocycles. The number of carbonyl (C=O) groups excluding carboxylic acids is 2. The summed E-state index contributed by atoms with van der Waals surface area (Å²) in [4.78, 5) is 37.1. The van der Waals surface area contributed by atoms with Crippen molar-refractivity contribution in [2.24, 2.45) is 0 Å². The van der Waals surface area contributed by atoms with Crippen LogP contribution in [0, 0.1) is 10.1 Å². The van der Waals surface area contributed by atoms with Crippen LogP contribution in [0.3, 0.4) is 0 Å². The van der Waals surface area contributed by atoms with E-state index in [0.29, 0.717) is 17.7 Å². The summed E-state index contributed by atoms with van der Waals surface area (Å²) in [6, 6.07) is 13.3. The molecule has 1 saturated heterocycles. The highest BCUT2D eigenvalue weighted by Gasteiger charge is 2.12. The summed E-state index contributed by atoms with van der Waals surface area (Å²) in [5, 5.41) is 16.7. The molecule has 0 radical (unpaired) electrons. The Hall–Kier alpha value is -3.52. The third-order valence-corrected chi connectivity index (χ3v) is 5.14. The molecule has 3 rings (SSSR count). The van der Waals surface area contributed by atoms with Crippen LogP contribution < -0.4 is 10.6 Å². The van der Waals surface area contributed by atoms with Crippen molar-refractivity contribution in [2.45, 2.75) is 19.4 Å². The molecule has 8 nitrogen and oxygen atoms in total. The minimum Gasteiger partial charge on any atom is -0.351 e. The van der Waals surface area contributed by atoms with E-state index in [0.717, 1.165) is 25.2 Å². The first kappa shape index (κ1) is 22.2. The number of nitro benzene ring substituents is 1. The van der Waals surface area contributed by atoms with E-state index in [1.807, 2.05) is 0 Å². The first-order chi connectivity index (χ1) is 15.0. The van der Waals surface area contributed by atoms with E-state index >= 15 is 0 Å². The summed E-state index contributed by atoms with van der Waals surface area (Å²) < 4.78 is 0. The van der Waals surface area contributed by atoms with Crippen LogP contribution in [-0.4, -0.2) is 47.8 Å². The highest BCUT2D eigenvalue weighted by molar-refractivity contribution is 5.94. The van der Waals surface area contributed by atoms with Crippen molar-refractivity contribution in [3.63, 3.8) is 0 Å². The predicted molar refractivity (Wildman–Crippen MR) is 118 cm³/mol. The number of nitrogens with one attached hydrogen (secondary N) is 2. The van der Waals surface area contributed by atoms with Gasteiger partial charge in [-0.1, -0.05) is 24.3 Å². The molecule has 1 aliphatic heterocycles. The molecule has 1 aliphatic rings. The van der Waals surface area contributed by atoms with E-state index in [9.17, 15) is 19.7 Å². The minimum atomic E-state index is -0.484. The largest absolute Gasteiger partial charge is 0.351 e. The Labute approximate surface area is 181 Å².